The van der Waals surface area contributed by atoms with Crippen LogP contribution in [0.5, 0.6) is 0 Å². The predicted molar refractivity (Wildman–Crippen MR) is 84.1 cm³/mol. The van der Waals surface area contributed by atoms with Gasteiger partial charge in [-0.25, -0.2) is 0 Å². The number of rotatable bonds is 4. The third kappa shape index (κ3) is 4.23. The molecule has 0 saturated carbocycles. The molecule has 1 aliphatic heterocycles. The van der Waals surface area contributed by atoms with Crippen molar-refractivity contribution >= 4 is 17.3 Å². The third-order valence-corrected chi connectivity index (χ3v) is 3.97. The van der Waals surface area contributed by atoms with Crippen molar-refractivity contribution < 1.29 is 4.79 Å². The van der Waals surface area contributed by atoms with E-state index in [4.69, 9.17) is 0 Å². The number of amides is 1. The zero-order valence-corrected chi connectivity index (χ0v) is 12.6. The maximum atomic E-state index is 11.0. The molecule has 1 fully saturated rings. The maximum Gasteiger partial charge on any atom is 0.221 e. The van der Waals surface area contributed by atoms with Crippen LogP contribution >= 0.6 is 0 Å². The molecule has 1 aliphatic rings. The summed E-state index contributed by atoms with van der Waals surface area (Å²) < 4.78 is 0. The summed E-state index contributed by atoms with van der Waals surface area (Å²) in [7, 11) is 2.20. The Morgan fingerprint density at radius 1 is 1.30 bits per heavy atom. The Morgan fingerprint density at radius 3 is 2.55 bits per heavy atom. The van der Waals surface area contributed by atoms with Crippen molar-refractivity contribution in [3.05, 3.63) is 24.3 Å². The Morgan fingerprint density at radius 2 is 1.95 bits per heavy atom. The standard InChI is InChI=1S/C16H25N3O/c1-12(14-5-4-10-19(3)11-14)17-15-6-8-16(9-7-15)18-13(2)20/h6-9,12,14,17H,4-5,10-11H2,1-3H3,(H,18,20). The Hall–Kier alpha value is -1.55. The molecule has 0 radical (unpaired) electrons. The first kappa shape index (κ1) is 14.9. The van der Waals surface area contributed by atoms with Crippen molar-refractivity contribution in [3.63, 3.8) is 0 Å². The van der Waals surface area contributed by atoms with Gasteiger partial charge in [-0.2, -0.15) is 0 Å². The SMILES string of the molecule is CC(=O)Nc1ccc(NC(C)C2CCCN(C)C2)cc1. The van der Waals surface area contributed by atoms with E-state index in [9.17, 15) is 4.79 Å². The lowest BCUT2D eigenvalue weighted by atomic mass is 9.92. The first-order chi connectivity index (χ1) is 9.54. The van der Waals surface area contributed by atoms with E-state index in [-0.39, 0.29) is 5.91 Å². The van der Waals surface area contributed by atoms with Crippen molar-refractivity contribution in [1.82, 2.24) is 4.90 Å². The van der Waals surface area contributed by atoms with E-state index in [2.05, 4.69) is 29.5 Å². The topological polar surface area (TPSA) is 44.4 Å². The molecule has 2 unspecified atom stereocenters. The monoisotopic (exact) mass is 275 g/mol. The van der Waals surface area contributed by atoms with Gasteiger partial charge >= 0.3 is 0 Å². The van der Waals surface area contributed by atoms with Crippen LogP contribution in [0.15, 0.2) is 24.3 Å². The summed E-state index contributed by atoms with van der Waals surface area (Å²) >= 11 is 0. The third-order valence-electron chi connectivity index (χ3n) is 3.97. The number of nitrogens with one attached hydrogen (secondary N) is 2. The van der Waals surface area contributed by atoms with Gasteiger partial charge in [0, 0.05) is 30.9 Å². The van der Waals surface area contributed by atoms with Crippen LogP contribution in [0.25, 0.3) is 0 Å². The quantitative estimate of drug-likeness (QED) is 0.888. The lowest BCUT2D eigenvalue weighted by Gasteiger charge is -2.34. The van der Waals surface area contributed by atoms with Crippen molar-refractivity contribution in [2.24, 2.45) is 5.92 Å². The van der Waals surface area contributed by atoms with Crippen LogP contribution in [0.2, 0.25) is 0 Å². The Balaban J connectivity index is 1.90. The van der Waals surface area contributed by atoms with Gasteiger partial charge in [-0.3, -0.25) is 4.79 Å². The van der Waals surface area contributed by atoms with Crippen LogP contribution in [-0.2, 0) is 4.79 Å². The van der Waals surface area contributed by atoms with Crippen LogP contribution < -0.4 is 10.6 Å². The highest BCUT2D eigenvalue weighted by molar-refractivity contribution is 5.88. The number of hydrogen-bond donors (Lipinski definition) is 2. The molecule has 4 heteroatoms. The zero-order valence-electron chi connectivity index (χ0n) is 12.6. The van der Waals surface area contributed by atoms with E-state index >= 15 is 0 Å². The number of piperidine rings is 1. The Bertz CT molecular complexity index is 444. The van der Waals surface area contributed by atoms with Crippen LogP contribution in [-0.4, -0.2) is 37.0 Å². The maximum absolute atomic E-state index is 11.0. The predicted octanol–water partition coefficient (Wildman–Crippen LogP) is 2.79. The summed E-state index contributed by atoms with van der Waals surface area (Å²) in [6.07, 6.45) is 2.58. The number of nitrogens with zero attached hydrogens (tertiary/aromatic N) is 1. The molecule has 2 rings (SSSR count). The molecule has 110 valence electrons. The van der Waals surface area contributed by atoms with Gasteiger partial charge in [-0.1, -0.05) is 0 Å². The largest absolute Gasteiger partial charge is 0.382 e. The lowest BCUT2D eigenvalue weighted by Crippen LogP contribution is -2.39. The number of likely N-dealkylation sites (tertiary alicyclic amines) is 1. The lowest BCUT2D eigenvalue weighted by molar-refractivity contribution is -0.114. The van der Waals surface area contributed by atoms with Gasteiger partial charge < -0.3 is 15.5 Å². The number of hydrogen-bond acceptors (Lipinski definition) is 3. The summed E-state index contributed by atoms with van der Waals surface area (Å²) in [5.74, 6) is 0.660. The molecule has 1 heterocycles. The van der Waals surface area contributed by atoms with Crippen LogP contribution in [0, 0.1) is 5.92 Å². The summed E-state index contributed by atoms with van der Waals surface area (Å²) in [4.78, 5) is 13.4. The molecule has 2 N–H and O–H groups in total. The fourth-order valence-electron chi connectivity index (χ4n) is 2.85. The van der Waals surface area contributed by atoms with Gasteiger partial charge in [0.2, 0.25) is 5.91 Å². The smallest absolute Gasteiger partial charge is 0.221 e. The van der Waals surface area contributed by atoms with E-state index in [0.717, 1.165) is 17.9 Å². The Kier molecular flexibility index (Phi) is 5.01. The summed E-state index contributed by atoms with van der Waals surface area (Å²) in [5, 5.41) is 6.35. The van der Waals surface area contributed by atoms with E-state index in [1.165, 1.54) is 26.3 Å². The molecule has 0 aliphatic carbocycles. The average Bonchev–Trinajstić information content (AvgIpc) is 2.40. The van der Waals surface area contributed by atoms with Crippen LogP contribution in [0.4, 0.5) is 11.4 Å². The molecule has 0 aromatic heterocycles. The highest BCUT2D eigenvalue weighted by Gasteiger charge is 2.22. The van der Waals surface area contributed by atoms with Crippen LogP contribution in [0.1, 0.15) is 26.7 Å². The second-order valence-electron chi connectivity index (χ2n) is 5.86. The fourth-order valence-corrected chi connectivity index (χ4v) is 2.85. The number of carbonyl (C=O) groups excluding carboxylic acids is 1. The second-order valence-corrected chi connectivity index (χ2v) is 5.86. The molecule has 4 nitrogen and oxygen atoms in total. The van der Waals surface area contributed by atoms with E-state index in [0.29, 0.717) is 12.0 Å². The number of benzene rings is 1. The van der Waals surface area contributed by atoms with Gasteiger partial charge in [0.15, 0.2) is 0 Å². The molecular formula is C16H25N3O. The van der Waals surface area contributed by atoms with Crippen molar-refractivity contribution in [2.45, 2.75) is 32.7 Å². The summed E-state index contributed by atoms with van der Waals surface area (Å²) in [6.45, 7) is 6.16. The van der Waals surface area contributed by atoms with E-state index in [1.807, 2.05) is 24.3 Å². The molecule has 1 saturated heterocycles. The second kappa shape index (κ2) is 6.75. The molecule has 0 bridgehead atoms. The molecule has 1 aromatic carbocycles. The minimum atomic E-state index is -0.0377. The normalized spacial score (nSPS) is 21.2. The van der Waals surface area contributed by atoms with Gasteiger partial charge in [0.05, 0.1) is 0 Å². The molecular weight excluding hydrogens is 250 g/mol. The molecule has 2 atom stereocenters. The average molecular weight is 275 g/mol. The summed E-state index contributed by atoms with van der Waals surface area (Å²) in [5.41, 5.74) is 1.95. The molecule has 20 heavy (non-hydrogen) atoms. The minimum Gasteiger partial charge on any atom is -0.382 e. The van der Waals surface area contributed by atoms with Gasteiger partial charge in [0.25, 0.3) is 0 Å². The number of anilines is 2. The first-order valence-corrected chi connectivity index (χ1v) is 7.37. The van der Waals surface area contributed by atoms with Gasteiger partial charge in [-0.15, -0.1) is 0 Å². The highest BCUT2D eigenvalue weighted by Crippen LogP contribution is 2.22. The first-order valence-electron chi connectivity index (χ1n) is 7.37. The molecule has 1 aromatic rings. The van der Waals surface area contributed by atoms with E-state index in [1.54, 1.807) is 0 Å². The Labute approximate surface area is 121 Å². The number of carbonyl (C=O) groups is 1. The minimum absolute atomic E-state index is 0.0377. The van der Waals surface area contributed by atoms with Crippen LogP contribution in [0.3, 0.4) is 0 Å². The zero-order chi connectivity index (χ0) is 14.5. The van der Waals surface area contributed by atoms with Crippen molar-refractivity contribution in [2.75, 3.05) is 30.8 Å². The molecule has 0 spiro atoms. The van der Waals surface area contributed by atoms with E-state index < -0.39 is 0 Å². The van der Waals surface area contributed by atoms with Gasteiger partial charge in [-0.05, 0) is 63.5 Å². The van der Waals surface area contributed by atoms with Gasteiger partial charge in [0.1, 0.15) is 0 Å². The highest BCUT2D eigenvalue weighted by atomic mass is 16.1. The summed E-state index contributed by atoms with van der Waals surface area (Å²) in [6, 6.07) is 8.37. The van der Waals surface area contributed by atoms with Crippen molar-refractivity contribution in [3.8, 4) is 0 Å². The molecule has 1 amide bonds. The van der Waals surface area contributed by atoms with Crippen molar-refractivity contribution in [1.29, 1.82) is 0 Å². The fraction of sp³-hybridized carbons (Fsp3) is 0.562.